The minimum Gasteiger partial charge on any atom is -0.512 e. The first-order valence-corrected chi connectivity index (χ1v) is 8.06. The van der Waals surface area contributed by atoms with E-state index in [-0.39, 0.29) is 0 Å². The predicted octanol–water partition coefficient (Wildman–Crippen LogP) is 5.55. The lowest BCUT2D eigenvalue weighted by molar-refractivity contribution is -0.137. The van der Waals surface area contributed by atoms with E-state index in [2.05, 4.69) is 25.2 Å². The molecule has 0 aromatic rings. The maximum Gasteiger partial charge on any atom is 0.303 e. The fraction of sp³-hybridized carbons (Fsp3) is 0.611. The molecule has 0 heterocycles. The molecule has 3 nitrogen and oxygen atoms in total. The summed E-state index contributed by atoms with van der Waals surface area (Å²) in [4.78, 5) is 10.3. The highest BCUT2D eigenvalue weighted by Crippen LogP contribution is 2.08. The van der Waals surface area contributed by atoms with Crippen LogP contribution >= 0.6 is 0 Å². The van der Waals surface area contributed by atoms with Gasteiger partial charge >= 0.3 is 5.97 Å². The molecule has 0 spiro atoms. The Balaban J connectivity index is 3.43. The molecule has 0 unspecified atom stereocenters. The Hall–Kier alpha value is -1.51. The van der Waals surface area contributed by atoms with Crippen molar-refractivity contribution in [3.63, 3.8) is 0 Å². The molecule has 0 bridgehead atoms. The zero-order valence-electron chi connectivity index (χ0n) is 13.3. The van der Waals surface area contributed by atoms with Crippen molar-refractivity contribution in [3.8, 4) is 0 Å². The van der Waals surface area contributed by atoms with Crippen LogP contribution in [0.5, 0.6) is 0 Å². The van der Waals surface area contributed by atoms with Gasteiger partial charge in [0, 0.05) is 12.8 Å². The number of carboxylic acid groups (broad SMARTS) is 1. The first kappa shape index (κ1) is 19.5. The first-order chi connectivity index (χ1) is 10.2. The van der Waals surface area contributed by atoms with Gasteiger partial charge in [-0.1, -0.05) is 50.5 Å². The van der Waals surface area contributed by atoms with Gasteiger partial charge in [0.25, 0.3) is 0 Å². The average molecular weight is 294 g/mol. The third-order valence-corrected chi connectivity index (χ3v) is 3.15. The van der Waals surface area contributed by atoms with E-state index < -0.39 is 5.97 Å². The van der Waals surface area contributed by atoms with Gasteiger partial charge in [-0.2, -0.15) is 0 Å². The van der Waals surface area contributed by atoms with Gasteiger partial charge in [-0.3, -0.25) is 4.79 Å². The molecular weight excluding hydrogens is 264 g/mol. The van der Waals surface area contributed by atoms with E-state index in [1.807, 2.05) is 12.2 Å². The predicted molar refractivity (Wildman–Crippen MR) is 88.5 cm³/mol. The Morgan fingerprint density at radius 2 is 1.62 bits per heavy atom. The Kier molecular flexibility index (Phi) is 13.8. The van der Waals surface area contributed by atoms with Crippen LogP contribution in [0.15, 0.2) is 36.1 Å². The van der Waals surface area contributed by atoms with Crippen LogP contribution in [0.2, 0.25) is 0 Å². The van der Waals surface area contributed by atoms with Crippen LogP contribution in [0.4, 0.5) is 0 Å². The summed E-state index contributed by atoms with van der Waals surface area (Å²) in [7, 11) is 0. The maximum atomic E-state index is 10.3. The van der Waals surface area contributed by atoms with Crippen LogP contribution in [0, 0.1) is 0 Å². The molecule has 21 heavy (non-hydrogen) atoms. The quantitative estimate of drug-likeness (QED) is 0.266. The molecule has 0 radical (unpaired) electrons. The summed E-state index contributed by atoms with van der Waals surface area (Å²) in [5.41, 5.74) is 0. The van der Waals surface area contributed by atoms with Crippen LogP contribution in [0.3, 0.4) is 0 Å². The summed E-state index contributed by atoms with van der Waals surface area (Å²) >= 11 is 0. The summed E-state index contributed by atoms with van der Waals surface area (Å²) in [5, 5.41) is 18.1. The number of hydrogen-bond acceptors (Lipinski definition) is 2. The molecule has 0 saturated heterocycles. The zero-order chi connectivity index (χ0) is 15.8. The Labute approximate surface area is 129 Å². The van der Waals surface area contributed by atoms with Crippen molar-refractivity contribution in [2.45, 2.75) is 71.1 Å². The minimum atomic E-state index is -0.698. The molecule has 0 aliphatic heterocycles. The normalized spacial score (nSPS) is 12.5. The van der Waals surface area contributed by atoms with E-state index in [0.717, 1.165) is 51.4 Å². The fourth-order valence-electron chi connectivity index (χ4n) is 1.94. The number of carbonyl (C=O) groups is 1. The van der Waals surface area contributed by atoms with Crippen molar-refractivity contribution < 1.29 is 15.0 Å². The molecule has 0 aromatic heterocycles. The van der Waals surface area contributed by atoms with Crippen molar-refractivity contribution in [2.75, 3.05) is 0 Å². The monoisotopic (exact) mass is 294 g/mol. The number of hydrogen-bond donors (Lipinski definition) is 2. The van der Waals surface area contributed by atoms with E-state index in [1.54, 1.807) is 0 Å². The van der Waals surface area contributed by atoms with Crippen LogP contribution in [0.25, 0.3) is 0 Å². The number of aliphatic hydroxyl groups is 1. The van der Waals surface area contributed by atoms with Gasteiger partial charge in [0.15, 0.2) is 0 Å². The third kappa shape index (κ3) is 16.4. The van der Waals surface area contributed by atoms with Crippen LogP contribution in [-0.2, 0) is 4.79 Å². The second-order valence-corrected chi connectivity index (χ2v) is 5.19. The number of unbranched alkanes of at least 4 members (excludes halogenated alkanes) is 5. The van der Waals surface area contributed by atoms with E-state index in [4.69, 9.17) is 5.11 Å². The molecule has 0 rings (SSSR count). The van der Waals surface area contributed by atoms with E-state index in [9.17, 15) is 9.90 Å². The van der Waals surface area contributed by atoms with E-state index >= 15 is 0 Å². The molecule has 0 atom stereocenters. The topological polar surface area (TPSA) is 57.5 Å². The van der Waals surface area contributed by atoms with Gasteiger partial charge in [-0.05, 0) is 38.2 Å². The third-order valence-electron chi connectivity index (χ3n) is 3.15. The second kappa shape index (κ2) is 14.9. The summed E-state index contributed by atoms with van der Waals surface area (Å²) < 4.78 is 0. The van der Waals surface area contributed by atoms with Gasteiger partial charge in [-0.15, -0.1) is 0 Å². The molecule has 0 aliphatic carbocycles. The highest BCUT2D eigenvalue weighted by atomic mass is 16.4. The molecule has 0 aromatic carbocycles. The van der Waals surface area contributed by atoms with Gasteiger partial charge in [-0.25, -0.2) is 0 Å². The van der Waals surface area contributed by atoms with Crippen molar-refractivity contribution in [3.05, 3.63) is 36.1 Å². The molecule has 2 N–H and O–H groups in total. The Morgan fingerprint density at radius 3 is 2.33 bits per heavy atom. The van der Waals surface area contributed by atoms with Crippen molar-refractivity contribution in [2.24, 2.45) is 0 Å². The molecule has 0 amide bonds. The van der Waals surface area contributed by atoms with Gasteiger partial charge in [0.2, 0.25) is 0 Å². The first-order valence-electron chi connectivity index (χ1n) is 8.06. The lowest BCUT2D eigenvalue weighted by Crippen LogP contribution is -1.93. The fourth-order valence-corrected chi connectivity index (χ4v) is 1.94. The largest absolute Gasteiger partial charge is 0.512 e. The average Bonchev–Trinajstić information content (AvgIpc) is 2.45. The standard InChI is InChI=1S/C18H30O3/c1-2-3-4-11-14-17(19)15-12-9-7-5-6-8-10-13-16-18(20)21/h3-4,9,12,14,19H,2,5-8,10-11,13,15-16H2,1H3,(H,20,21)/b4-3-,12-9-,17-14-. The minimum absolute atomic E-state index is 0.291. The zero-order valence-corrected chi connectivity index (χ0v) is 13.3. The lowest BCUT2D eigenvalue weighted by Gasteiger charge is -1.98. The van der Waals surface area contributed by atoms with Gasteiger partial charge < -0.3 is 10.2 Å². The van der Waals surface area contributed by atoms with Crippen LogP contribution in [-0.4, -0.2) is 16.2 Å². The molecular formula is C18H30O3. The lowest BCUT2D eigenvalue weighted by atomic mass is 10.1. The molecule has 0 saturated carbocycles. The summed E-state index contributed by atoms with van der Waals surface area (Å²) in [6, 6.07) is 0. The highest BCUT2D eigenvalue weighted by molar-refractivity contribution is 5.66. The summed E-state index contributed by atoms with van der Waals surface area (Å²) in [5.74, 6) is -0.267. The number of rotatable bonds is 13. The summed E-state index contributed by atoms with van der Waals surface area (Å²) in [6.45, 7) is 2.09. The number of aliphatic hydroxyl groups excluding tert-OH is 1. The van der Waals surface area contributed by atoms with Gasteiger partial charge in [0.05, 0.1) is 5.76 Å². The Morgan fingerprint density at radius 1 is 0.905 bits per heavy atom. The molecule has 0 aliphatic rings. The van der Waals surface area contributed by atoms with Crippen LogP contribution < -0.4 is 0 Å². The van der Waals surface area contributed by atoms with E-state index in [0.29, 0.717) is 18.6 Å². The highest BCUT2D eigenvalue weighted by Gasteiger charge is 1.95. The smallest absolute Gasteiger partial charge is 0.303 e. The van der Waals surface area contributed by atoms with Crippen molar-refractivity contribution in [1.82, 2.24) is 0 Å². The van der Waals surface area contributed by atoms with Gasteiger partial charge in [0.1, 0.15) is 0 Å². The number of allylic oxidation sites excluding steroid dienone is 5. The molecule has 0 fully saturated rings. The van der Waals surface area contributed by atoms with E-state index in [1.165, 1.54) is 0 Å². The second-order valence-electron chi connectivity index (χ2n) is 5.19. The van der Waals surface area contributed by atoms with Crippen LogP contribution in [0.1, 0.15) is 71.1 Å². The number of carboxylic acids is 1. The van der Waals surface area contributed by atoms with Crippen molar-refractivity contribution in [1.29, 1.82) is 0 Å². The summed E-state index contributed by atoms with van der Waals surface area (Å²) in [6.07, 6.45) is 19.1. The molecule has 3 heteroatoms. The molecule has 120 valence electrons. The number of aliphatic carboxylic acids is 1. The SMILES string of the molecule is CC/C=C\C/C=C(\O)C/C=C\CCCCCCCC(=O)O. The van der Waals surface area contributed by atoms with Crippen molar-refractivity contribution >= 4 is 5.97 Å². The maximum absolute atomic E-state index is 10.3. The Bertz CT molecular complexity index is 340.